The third-order valence-electron chi connectivity index (χ3n) is 2.08. The molecule has 1 N–H and O–H groups in total. The van der Waals surface area contributed by atoms with Crippen LogP contribution in [0, 0.1) is 5.82 Å². The molecule has 4 heteroatoms. The first-order chi connectivity index (χ1) is 7.68. The second kappa shape index (κ2) is 7.65. The standard InChI is InChI=1S/C12H19FN2S/c1-15(2)8-6-14-7-9-16-12-5-3-4-11(13)10-12/h3-5,10,14H,6-9H2,1-2H3. The zero-order chi connectivity index (χ0) is 11.8. The molecule has 0 aliphatic heterocycles. The van der Waals surface area contributed by atoms with Gasteiger partial charge in [0, 0.05) is 30.3 Å². The van der Waals surface area contributed by atoms with Gasteiger partial charge in [0.25, 0.3) is 0 Å². The molecule has 0 amide bonds. The van der Waals surface area contributed by atoms with Gasteiger partial charge in [0.2, 0.25) is 0 Å². The van der Waals surface area contributed by atoms with Crippen LogP contribution in [0.15, 0.2) is 29.2 Å². The van der Waals surface area contributed by atoms with E-state index in [0.29, 0.717) is 0 Å². The summed E-state index contributed by atoms with van der Waals surface area (Å²) in [5, 5.41) is 3.35. The van der Waals surface area contributed by atoms with E-state index in [-0.39, 0.29) is 5.82 Å². The van der Waals surface area contributed by atoms with Crippen molar-refractivity contribution in [2.75, 3.05) is 39.5 Å². The van der Waals surface area contributed by atoms with Crippen molar-refractivity contribution in [2.24, 2.45) is 0 Å². The van der Waals surface area contributed by atoms with Gasteiger partial charge >= 0.3 is 0 Å². The Hall–Kier alpha value is -0.580. The first kappa shape index (κ1) is 13.5. The van der Waals surface area contributed by atoms with E-state index in [4.69, 9.17) is 0 Å². The number of hydrogen-bond donors (Lipinski definition) is 1. The average molecular weight is 242 g/mol. The molecule has 0 atom stereocenters. The van der Waals surface area contributed by atoms with Gasteiger partial charge < -0.3 is 10.2 Å². The number of halogens is 1. The molecule has 90 valence electrons. The minimum Gasteiger partial charge on any atom is -0.315 e. The zero-order valence-corrected chi connectivity index (χ0v) is 10.7. The van der Waals surface area contributed by atoms with Crippen LogP contribution in [0.5, 0.6) is 0 Å². The van der Waals surface area contributed by atoms with E-state index in [1.165, 1.54) is 6.07 Å². The number of hydrogen-bond acceptors (Lipinski definition) is 3. The Kier molecular flexibility index (Phi) is 6.45. The van der Waals surface area contributed by atoms with Gasteiger partial charge in [0.05, 0.1) is 0 Å². The average Bonchev–Trinajstić information content (AvgIpc) is 2.23. The highest BCUT2D eigenvalue weighted by atomic mass is 32.2. The third-order valence-corrected chi connectivity index (χ3v) is 3.07. The Morgan fingerprint density at radius 3 is 2.81 bits per heavy atom. The molecule has 0 spiro atoms. The van der Waals surface area contributed by atoms with Crippen molar-refractivity contribution < 1.29 is 4.39 Å². The summed E-state index contributed by atoms with van der Waals surface area (Å²) in [6.07, 6.45) is 0. The number of nitrogens with zero attached hydrogens (tertiary/aromatic N) is 1. The summed E-state index contributed by atoms with van der Waals surface area (Å²) in [5.74, 6) is 0.808. The lowest BCUT2D eigenvalue weighted by atomic mass is 10.4. The summed E-state index contributed by atoms with van der Waals surface area (Å²) in [4.78, 5) is 3.14. The lowest BCUT2D eigenvalue weighted by Gasteiger charge is -2.10. The van der Waals surface area contributed by atoms with Crippen LogP contribution >= 0.6 is 11.8 Å². The predicted octanol–water partition coefficient (Wildman–Crippen LogP) is 2.07. The fraction of sp³-hybridized carbons (Fsp3) is 0.500. The van der Waals surface area contributed by atoms with Crippen molar-refractivity contribution in [1.82, 2.24) is 10.2 Å². The van der Waals surface area contributed by atoms with E-state index in [9.17, 15) is 4.39 Å². The van der Waals surface area contributed by atoms with Crippen LogP contribution in [-0.4, -0.2) is 44.4 Å². The van der Waals surface area contributed by atoms with Crippen LogP contribution in [0.2, 0.25) is 0 Å². The van der Waals surface area contributed by atoms with Gasteiger partial charge in [-0.2, -0.15) is 0 Å². The van der Waals surface area contributed by atoms with E-state index in [2.05, 4.69) is 24.3 Å². The molecule has 16 heavy (non-hydrogen) atoms. The maximum atomic E-state index is 12.9. The number of thioether (sulfide) groups is 1. The van der Waals surface area contributed by atoms with E-state index in [1.54, 1.807) is 23.9 Å². The van der Waals surface area contributed by atoms with Gasteiger partial charge in [-0.05, 0) is 32.3 Å². The van der Waals surface area contributed by atoms with Gasteiger partial charge in [-0.15, -0.1) is 11.8 Å². The minimum absolute atomic E-state index is 0.162. The van der Waals surface area contributed by atoms with Crippen molar-refractivity contribution in [3.05, 3.63) is 30.1 Å². The Balaban J connectivity index is 2.07. The SMILES string of the molecule is CN(C)CCNCCSc1cccc(F)c1. The van der Waals surface area contributed by atoms with E-state index in [0.717, 1.165) is 30.3 Å². The molecule has 0 aliphatic rings. The summed E-state index contributed by atoms with van der Waals surface area (Å²) in [6, 6.07) is 6.73. The second-order valence-electron chi connectivity index (χ2n) is 3.86. The normalized spacial score (nSPS) is 11.0. The number of rotatable bonds is 7. The van der Waals surface area contributed by atoms with Gasteiger partial charge in [-0.25, -0.2) is 4.39 Å². The molecular formula is C12H19FN2S. The lowest BCUT2D eigenvalue weighted by molar-refractivity contribution is 0.403. The summed E-state index contributed by atoms with van der Waals surface area (Å²) >= 11 is 1.68. The highest BCUT2D eigenvalue weighted by Gasteiger charge is 1.96. The fourth-order valence-corrected chi connectivity index (χ4v) is 2.08. The molecule has 1 rings (SSSR count). The molecule has 0 bridgehead atoms. The highest BCUT2D eigenvalue weighted by molar-refractivity contribution is 7.99. The van der Waals surface area contributed by atoms with Gasteiger partial charge in [-0.1, -0.05) is 6.07 Å². The molecule has 0 radical (unpaired) electrons. The maximum Gasteiger partial charge on any atom is 0.124 e. The summed E-state index contributed by atoms with van der Waals surface area (Å²) < 4.78 is 12.9. The molecule has 0 saturated carbocycles. The minimum atomic E-state index is -0.162. The molecular weight excluding hydrogens is 223 g/mol. The number of benzene rings is 1. The highest BCUT2D eigenvalue weighted by Crippen LogP contribution is 2.17. The van der Waals surface area contributed by atoms with Crippen molar-refractivity contribution >= 4 is 11.8 Å². The quantitative estimate of drug-likeness (QED) is 0.582. The maximum absolute atomic E-state index is 12.9. The lowest BCUT2D eigenvalue weighted by Crippen LogP contribution is -2.27. The number of nitrogens with one attached hydrogen (secondary N) is 1. The fourth-order valence-electron chi connectivity index (χ4n) is 1.23. The third kappa shape index (κ3) is 6.10. The van der Waals surface area contributed by atoms with E-state index < -0.39 is 0 Å². The predicted molar refractivity (Wildman–Crippen MR) is 68.5 cm³/mol. The number of likely N-dealkylation sites (N-methyl/N-ethyl adjacent to an activating group) is 1. The van der Waals surface area contributed by atoms with Crippen LogP contribution < -0.4 is 5.32 Å². The molecule has 0 saturated heterocycles. The first-order valence-corrected chi connectivity index (χ1v) is 6.41. The van der Waals surface area contributed by atoms with Crippen LogP contribution in [0.3, 0.4) is 0 Å². The van der Waals surface area contributed by atoms with E-state index >= 15 is 0 Å². The van der Waals surface area contributed by atoms with Crippen molar-refractivity contribution in [3.63, 3.8) is 0 Å². The molecule has 0 fully saturated rings. The molecule has 1 aromatic carbocycles. The van der Waals surface area contributed by atoms with Crippen LogP contribution in [0.1, 0.15) is 0 Å². The van der Waals surface area contributed by atoms with E-state index in [1.807, 2.05) is 6.07 Å². The van der Waals surface area contributed by atoms with Crippen molar-refractivity contribution in [1.29, 1.82) is 0 Å². The second-order valence-corrected chi connectivity index (χ2v) is 5.03. The Labute approximate surface area is 101 Å². The Morgan fingerprint density at radius 1 is 1.31 bits per heavy atom. The summed E-state index contributed by atoms with van der Waals surface area (Å²) in [7, 11) is 4.12. The summed E-state index contributed by atoms with van der Waals surface area (Å²) in [6.45, 7) is 3.00. The van der Waals surface area contributed by atoms with Crippen molar-refractivity contribution in [2.45, 2.75) is 4.90 Å². The monoisotopic (exact) mass is 242 g/mol. The van der Waals surface area contributed by atoms with Crippen LogP contribution in [-0.2, 0) is 0 Å². The van der Waals surface area contributed by atoms with Gasteiger partial charge in [0.15, 0.2) is 0 Å². The molecule has 1 aromatic rings. The summed E-state index contributed by atoms with van der Waals surface area (Å²) in [5.41, 5.74) is 0. The Morgan fingerprint density at radius 2 is 2.12 bits per heavy atom. The van der Waals surface area contributed by atoms with Gasteiger partial charge in [0.1, 0.15) is 5.82 Å². The molecule has 0 aromatic heterocycles. The topological polar surface area (TPSA) is 15.3 Å². The molecule has 0 aliphatic carbocycles. The Bertz CT molecular complexity index is 305. The van der Waals surface area contributed by atoms with Crippen LogP contribution in [0.4, 0.5) is 4.39 Å². The smallest absolute Gasteiger partial charge is 0.124 e. The van der Waals surface area contributed by atoms with Gasteiger partial charge in [-0.3, -0.25) is 0 Å². The molecule has 2 nitrogen and oxygen atoms in total. The largest absolute Gasteiger partial charge is 0.315 e. The first-order valence-electron chi connectivity index (χ1n) is 5.42. The van der Waals surface area contributed by atoms with Crippen molar-refractivity contribution in [3.8, 4) is 0 Å². The van der Waals surface area contributed by atoms with Crippen LogP contribution in [0.25, 0.3) is 0 Å². The molecule has 0 unspecified atom stereocenters. The zero-order valence-electron chi connectivity index (χ0n) is 9.87. The molecule has 0 heterocycles.